The maximum Gasteiger partial charge on any atom is 0.337 e. The molecule has 7 heteroatoms. The van der Waals surface area contributed by atoms with Crippen LogP contribution >= 0.6 is 11.6 Å². The van der Waals surface area contributed by atoms with E-state index in [1.807, 2.05) is 37.3 Å². The highest BCUT2D eigenvalue weighted by molar-refractivity contribution is 6.34. The lowest BCUT2D eigenvalue weighted by atomic mass is 10.1. The zero-order valence-corrected chi connectivity index (χ0v) is 15.9. The molecule has 0 radical (unpaired) electrons. The molecule has 0 saturated heterocycles. The van der Waals surface area contributed by atoms with Crippen molar-refractivity contribution in [3.63, 3.8) is 0 Å². The lowest BCUT2D eigenvalue weighted by Crippen LogP contribution is -2.15. The van der Waals surface area contributed by atoms with Crippen molar-refractivity contribution in [1.82, 2.24) is 9.78 Å². The maximum absolute atomic E-state index is 12.8. The Morgan fingerprint density at radius 2 is 1.81 bits per heavy atom. The third kappa shape index (κ3) is 3.71. The molecule has 138 valence electrons. The fourth-order valence-electron chi connectivity index (χ4n) is 2.68. The summed E-state index contributed by atoms with van der Waals surface area (Å²) in [6.45, 7) is 3.55. The van der Waals surface area contributed by atoms with E-state index in [1.54, 1.807) is 25.1 Å². The SMILES string of the molecule is COC(=O)c1ccc(C)c(NC(=O)c2c(C)nn(-c3ccccc3)c2Cl)c1. The number of nitrogens with one attached hydrogen (secondary N) is 1. The Bertz CT molecular complexity index is 1010. The number of hydrogen-bond acceptors (Lipinski definition) is 4. The van der Waals surface area contributed by atoms with Gasteiger partial charge in [-0.05, 0) is 43.7 Å². The van der Waals surface area contributed by atoms with Gasteiger partial charge in [0.25, 0.3) is 5.91 Å². The number of para-hydroxylation sites is 1. The molecular formula is C20H18ClN3O3. The van der Waals surface area contributed by atoms with Gasteiger partial charge in [-0.2, -0.15) is 5.10 Å². The van der Waals surface area contributed by atoms with Crippen LogP contribution in [-0.4, -0.2) is 28.8 Å². The molecule has 2 aromatic carbocycles. The molecule has 6 nitrogen and oxygen atoms in total. The Labute approximate surface area is 161 Å². The van der Waals surface area contributed by atoms with Gasteiger partial charge in [-0.1, -0.05) is 35.9 Å². The molecule has 0 aliphatic rings. The first-order chi connectivity index (χ1) is 12.9. The van der Waals surface area contributed by atoms with Gasteiger partial charge < -0.3 is 10.1 Å². The number of aromatic nitrogens is 2. The highest BCUT2D eigenvalue weighted by Crippen LogP contribution is 2.25. The number of carbonyl (C=O) groups excluding carboxylic acids is 2. The zero-order chi connectivity index (χ0) is 19.6. The van der Waals surface area contributed by atoms with Gasteiger partial charge in [0.2, 0.25) is 0 Å². The van der Waals surface area contributed by atoms with Crippen molar-refractivity contribution in [2.45, 2.75) is 13.8 Å². The van der Waals surface area contributed by atoms with E-state index in [2.05, 4.69) is 10.4 Å². The van der Waals surface area contributed by atoms with E-state index in [9.17, 15) is 9.59 Å². The van der Waals surface area contributed by atoms with Crippen molar-refractivity contribution >= 4 is 29.2 Å². The smallest absolute Gasteiger partial charge is 0.337 e. The molecule has 27 heavy (non-hydrogen) atoms. The van der Waals surface area contributed by atoms with Gasteiger partial charge in [-0.15, -0.1) is 0 Å². The fourth-order valence-corrected chi connectivity index (χ4v) is 3.04. The standard InChI is InChI=1S/C20H18ClN3O3/c1-12-9-10-14(20(26)27-3)11-16(12)22-19(25)17-13(2)23-24(18(17)21)15-7-5-4-6-8-15/h4-11H,1-3H3,(H,22,25). The van der Waals surface area contributed by atoms with Gasteiger partial charge in [0.05, 0.1) is 24.1 Å². The zero-order valence-electron chi connectivity index (χ0n) is 15.1. The largest absolute Gasteiger partial charge is 0.465 e. The average molecular weight is 384 g/mol. The number of hydrogen-bond donors (Lipinski definition) is 1. The number of halogens is 1. The van der Waals surface area contributed by atoms with Gasteiger partial charge in [0, 0.05) is 5.69 Å². The molecule has 1 heterocycles. The Kier molecular flexibility index (Phi) is 5.28. The molecule has 0 aliphatic carbocycles. The van der Waals surface area contributed by atoms with Gasteiger partial charge in [-0.3, -0.25) is 4.79 Å². The van der Waals surface area contributed by atoms with E-state index < -0.39 is 11.9 Å². The van der Waals surface area contributed by atoms with E-state index in [1.165, 1.54) is 11.8 Å². The monoisotopic (exact) mass is 383 g/mol. The van der Waals surface area contributed by atoms with Gasteiger partial charge in [-0.25, -0.2) is 9.48 Å². The minimum absolute atomic E-state index is 0.220. The van der Waals surface area contributed by atoms with E-state index in [4.69, 9.17) is 16.3 Å². The molecule has 1 N–H and O–H groups in total. The molecule has 0 fully saturated rings. The summed E-state index contributed by atoms with van der Waals surface area (Å²) in [5, 5.41) is 7.40. The number of amides is 1. The molecule has 3 rings (SSSR count). The molecular weight excluding hydrogens is 366 g/mol. The van der Waals surface area contributed by atoms with Crippen molar-refractivity contribution < 1.29 is 14.3 Å². The maximum atomic E-state index is 12.8. The average Bonchev–Trinajstić information content (AvgIpc) is 2.97. The van der Waals surface area contributed by atoms with Crippen molar-refractivity contribution in [2.24, 2.45) is 0 Å². The van der Waals surface area contributed by atoms with Gasteiger partial charge in [0.1, 0.15) is 10.7 Å². The number of rotatable bonds is 4. The van der Waals surface area contributed by atoms with Crippen molar-refractivity contribution in [2.75, 3.05) is 12.4 Å². The number of anilines is 1. The van der Waals surface area contributed by atoms with E-state index in [-0.39, 0.29) is 10.7 Å². The predicted molar refractivity (Wildman–Crippen MR) is 104 cm³/mol. The van der Waals surface area contributed by atoms with E-state index >= 15 is 0 Å². The van der Waals surface area contributed by atoms with E-state index in [0.717, 1.165) is 11.3 Å². The Hall–Kier alpha value is -3.12. The quantitative estimate of drug-likeness (QED) is 0.686. The third-order valence-electron chi connectivity index (χ3n) is 4.14. The number of aryl methyl sites for hydroxylation is 2. The summed E-state index contributed by atoms with van der Waals surface area (Å²) in [7, 11) is 1.31. The molecule has 0 aliphatic heterocycles. The number of carbonyl (C=O) groups is 2. The summed E-state index contributed by atoms with van der Waals surface area (Å²) in [6.07, 6.45) is 0. The normalized spacial score (nSPS) is 10.5. The summed E-state index contributed by atoms with van der Waals surface area (Å²) in [5.41, 5.74) is 3.20. The first-order valence-corrected chi connectivity index (χ1v) is 8.61. The van der Waals surface area contributed by atoms with Crippen LogP contribution in [0, 0.1) is 13.8 Å². The molecule has 0 unspecified atom stereocenters. The van der Waals surface area contributed by atoms with Gasteiger partial charge >= 0.3 is 5.97 Å². The van der Waals surface area contributed by atoms with E-state index in [0.29, 0.717) is 16.9 Å². The van der Waals surface area contributed by atoms with Crippen LogP contribution in [0.3, 0.4) is 0 Å². The second kappa shape index (κ2) is 7.63. The second-order valence-electron chi connectivity index (χ2n) is 5.97. The number of methoxy groups -OCH3 is 1. The Morgan fingerprint density at radius 3 is 2.48 bits per heavy atom. The first kappa shape index (κ1) is 18.7. The van der Waals surface area contributed by atoms with Crippen LogP contribution in [-0.2, 0) is 4.74 Å². The summed E-state index contributed by atoms with van der Waals surface area (Å²) >= 11 is 6.43. The Balaban J connectivity index is 1.94. The molecule has 0 bridgehead atoms. The van der Waals surface area contributed by atoms with Crippen LogP contribution in [0.5, 0.6) is 0 Å². The van der Waals surface area contributed by atoms with Crippen LogP contribution < -0.4 is 5.32 Å². The van der Waals surface area contributed by atoms with Crippen LogP contribution in [0.2, 0.25) is 5.15 Å². The first-order valence-electron chi connectivity index (χ1n) is 8.23. The predicted octanol–water partition coefficient (Wildman–Crippen LogP) is 4.18. The van der Waals surface area contributed by atoms with Crippen LogP contribution in [0.1, 0.15) is 32.0 Å². The van der Waals surface area contributed by atoms with Crippen LogP contribution in [0.25, 0.3) is 5.69 Å². The molecule has 1 amide bonds. The molecule has 1 aromatic heterocycles. The second-order valence-corrected chi connectivity index (χ2v) is 6.33. The minimum Gasteiger partial charge on any atom is -0.465 e. The summed E-state index contributed by atoms with van der Waals surface area (Å²) in [6, 6.07) is 14.3. The number of esters is 1. The molecule has 0 saturated carbocycles. The fraction of sp³-hybridized carbons (Fsp3) is 0.150. The lowest BCUT2D eigenvalue weighted by molar-refractivity contribution is 0.0600. The number of nitrogens with zero attached hydrogens (tertiary/aromatic N) is 2. The highest BCUT2D eigenvalue weighted by atomic mass is 35.5. The molecule has 0 spiro atoms. The minimum atomic E-state index is -0.475. The van der Waals surface area contributed by atoms with Crippen molar-refractivity contribution in [3.05, 3.63) is 76.1 Å². The number of benzene rings is 2. The lowest BCUT2D eigenvalue weighted by Gasteiger charge is -2.10. The van der Waals surface area contributed by atoms with Gasteiger partial charge in [0.15, 0.2) is 0 Å². The number of ether oxygens (including phenoxy) is 1. The van der Waals surface area contributed by atoms with Crippen molar-refractivity contribution in [3.8, 4) is 5.69 Å². The molecule has 3 aromatic rings. The van der Waals surface area contributed by atoms with Crippen LogP contribution in [0.4, 0.5) is 5.69 Å². The molecule has 0 atom stereocenters. The highest BCUT2D eigenvalue weighted by Gasteiger charge is 2.22. The third-order valence-corrected chi connectivity index (χ3v) is 4.49. The van der Waals surface area contributed by atoms with Crippen LogP contribution in [0.15, 0.2) is 48.5 Å². The topological polar surface area (TPSA) is 73.2 Å². The summed E-state index contributed by atoms with van der Waals surface area (Å²) < 4.78 is 6.24. The summed E-state index contributed by atoms with van der Waals surface area (Å²) in [5.74, 6) is -0.874. The van der Waals surface area contributed by atoms with Crippen molar-refractivity contribution in [1.29, 1.82) is 0 Å². The Morgan fingerprint density at radius 1 is 1.11 bits per heavy atom. The summed E-state index contributed by atoms with van der Waals surface area (Å²) in [4.78, 5) is 24.6.